The number of benzene rings is 3. The molecule has 5 rings (SSSR count). The van der Waals surface area contributed by atoms with Gasteiger partial charge in [-0.1, -0.05) is 92.2 Å². The van der Waals surface area contributed by atoms with Crippen LogP contribution in [0.5, 0.6) is 0 Å². The van der Waals surface area contributed by atoms with Gasteiger partial charge in [0.25, 0.3) is 0 Å². The lowest BCUT2D eigenvalue weighted by atomic mass is 9.98. The van der Waals surface area contributed by atoms with Crippen molar-refractivity contribution in [1.29, 1.82) is 0 Å². The maximum absolute atomic E-state index is 13.8. The first kappa shape index (κ1) is 31.1. The van der Waals surface area contributed by atoms with Gasteiger partial charge in [0.2, 0.25) is 11.7 Å². The van der Waals surface area contributed by atoms with Gasteiger partial charge < -0.3 is 4.74 Å². The summed E-state index contributed by atoms with van der Waals surface area (Å²) in [7, 11) is 0. The van der Waals surface area contributed by atoms with E-state index in [0.717, 1.165) is 28.7 Å². The van der Waals surface area contributed by atoms with E-state index >= 15 is 0 Å². The molecule has 0 radical (unpaired) electrons. The SMILES string of the molecule is CCCCC(=O)N(Cc1ccc(-c2ccccc2-c2nn[nH]n2)cc1)n1c(CC(=O)OCC)cc(C(=O)c2ccccc2)c1C. The van der Waals surface area contributed by atoms with E-state index in [1.165, 1.54) is 0 Å². The number of aromatic amines is 1. The summed E-state index contributed by atoms with van der Waals surface area (Å²) in [6.07, 6.45) is 1.81. The fourth-order valence-electron chi connectivity index (χ4n) is 5.35. The van der Waals surface area contributed by atoms with Crippen molar-refractivity contribution in [2.75, 3.05) is 11.6 Å². The van der Waals surface area contributed by atoms with Crippen LogP contribution in [-0.4, -0.2) is 49.6 Å². The second-order valence-corrected chi connectivity index (χ2v) is 10.7. The normalized spacial score (nSPS) is 10.9. The second kappa shape index (κ2) is 14.4. The predicted molar refractivity (Wildman–Crippen MR) is 171 cm³/mol. The zero-order chi connectivity index (χ0) is 31.8. The summed E-state index contributed by atoms with van der Waals surface area (Å²) in [4.78, 5) is 40.1. The number of carbonyl (C=O) groups is 3. The summed E-state index contributed by atoms with van der Waals surface area (Å²) in [5.41, 5.74) is 5.69. The second-order valence-electron chi connectivity index (χ2n) is 10.7. The Kier molecular flexibility index (Phi) is 9.93. The lowest BCUT2D eigenvalue weighted by molar-refractivity contribution is -0.142. The Balaban J connectivity index is 1.53. The van der Waals surface area contributed by atoms with Gasteiger partial charge in [0.15, 0.2) is 5.78 Å². The van der Waals surface area contributed by atoms with Crippen LogP contribution in [0, 0.1) is 6.92 Å². The van der Waals surface area contributed by atoms with Crippen LogP contribution in [0.3, 0.4) is 0 Å². The van der Waals surface area contributed by atoms with Crippen LogP contribution in [0.15, 0.2) is 84.9 Å². The van der Waals surface area contributed by atoms with Crippen LogP contribution in [-0.2, 0) is 27.3 Å². The molecule has 0 spiro atoms. The van der Waals surface area contributed by atoms with E-state index in [0.29, 0.717) is 41.2 Å². The van der Waals surface area contributed by atoms with Crippen LogP contribution in [0.25, 0.3) is 22.5 Å². The van der Waals surface area contributed by atoms with Gasteiger partial charge in [-0.2, -0.15) is 5.21 Å². The Morgan fingerprint density at radius 3 is 2.29 bits per heavy atom. The summed E-state index contributed by atoms with van der Waals surface area (Å²) >= 11 is 0. The van der Waals surface area contributed by atoms with E-state index in [9.17, 15) is 14.4 Å². The third-order valence-corrected chi connectivity index (χ3v) is 7.59. The van der Waals surface area contributed by atoms with Gasteiger partial charge in [-0.25, -0.2) is 5.01 Å². The molecule has 0 aliphatic rings. The van der Waals surface area contributed by atoms with E-state index in [1.807, 2.05) is 80.6 Å². The number of esters is 1. The Morgan fingerprint density at radius 1 is 0.911 bits per heavy atom. The van der Waals surface area contributed by atoms with Gasteiger partial charge in [-0.15, -0.1) is 10.2 Å². The smallest absolute Gasteiger partial charge is 0.311 e. The molecule has 0 bridgehead atoms. The topological polar surface area (TPSA) is 123 Å². The average molecular weight is 605 g/mol. The van der Waals surface area contributed by atoms with Gasteiger partial charge in [-0.05, 0) is 48.2 Å². The standard InChI is InChI=1S/C35H36N6O4/c1-4-6-16-32(42)40(23-25-17-19-26(20-18-25)29-14-10-11-15-30(29)35-36-38-39-37-35)41-24(3)31(21-28(41)22-33(43)45-5-2)34(44)27-12-8-7-9-13-27/h7-15,17-21H,4-6,16,22-23H2,1-3H3,(H,36,37,38,39). The van der Waals surface area contributed by atoms with Crippen molar-refractivity contribution in [3.8, 4) is 22.5 Å². The lowest BCUT2D eigenvalue weighted by Gasteiger charge is -2.28. The molecule has 1 amide bonds. The molecular weight excluding hydrogens is 568 g/mol. The number of aromatic nitrogens is 5. The number of carbonyl (C=O) groups excluding carboxylic acids is 3. The van der Waals surface area contributed by atoms with Crippen LogP contribution >= 0.6 is 0 Å². The van der Waals surface area contributed by atoms with Gasteiger partial charge in [-0.3, -0.25) is 19.1 Å². The summed E-state index contributed by atoms with van der Waals surface area (Å²) in [6, 6.07) is 26.4. The zero-order valence-corrected chi connectivity index (χ0v) is 25.7. The maximum atomic E-state index is 13.8. The fourth-order valence-corrected chi connectivity index (χ4v) is 5.35. The minimum atomic E-state index is -0.430. The molecule has 0 aliphatic carbocycles. The van der Waals surface area contributed by atoms with Crippen LogP contribution < -0.4 is 5.01 Å². The summed E-state index contributed by atoms with van der Waals surface area (Å²) in [5, 5.41) is 16.1. The molecule has 0 fully saturated rings. The number of amides is 1. The van der Waals surface area contributed by atoms with Crippen molar-refractivity contribution in [3.63, 3.8) is 0 Å². The number of hydrogen-bond donors (Lipinski definition) is 1. The van der Waals surface area contributed by atoms with Gasteiger partial charge in [0.05, 0.1) is 25.3 Å². The van der Waals surface area contributed by atoms with E-state index in [-0.39, 0.29) is 31.3 Å². The van der Waals surface area contributed by atoms with Crippen molar-refractivity contribution in [2.45, 2.75) is 53.0 Å². The minimum Gasteiger partial charge on any atom is -0.466 e. The maximum Gasteiger partial charge on any atom is 0.311 e. The quantitative estimate of drug-likeness (QED) is 0.132. The van der Waals surface area contributed by atoms with Crippen molar-refractivity contribution in [3.05, 3.63) is 113 Å². The largest absolute Gasteiger partial charge is 0.466 e. The van der Waals surface area contributed by atoms with Crippen molar-refractivity contribution < 1.29 is 19.1 Å². The Morgan fingerprint density at radius 2 is 1.62 bits per heavy atom. The number of ether oxygens (including phenoxy) is 1. The van der Waals surface area contributed by atoms with Crippen molar-refractivity contribution in [1.82, 2.24) is 25.3 Å². The molecule has 0 atom stereocenters. The van der Waals surface area contributed by atoms with E-state index in [1.54, 1.807) is 34.8 Å². The van der Waals surface area contributed by atoms with Gasteiger partial charge in [0, 0.05) is 28.8 Å². The predicted octanol–water partition coefficient (Wildman–Crippen LogP) is 5.84. The molecular formula is C35H36N6O4. The monoisotopic (exact) mass is 604 g/mol. The minimum absolute atomic E-state index is 0.0832. The zero-order valence-electron chi connectivity index (χ0n) is 25.7. The van der Waals surface area contributed by atoms with Crippen molar-refractivity contribution in [2.24, 2.45) is 0 Å². The van der Waals surface area contributed by atoms with Gasteiger partial charge >= 0.3 is 5.97 Å². The Bertz CT molecular complexity index is 1760. The number of nitrogens with one attached hydrogen (secondary N) is 1. The summed E-state index contributed by atoms with van der Waals surface area (Å²) < 4.78 is 6.98. The van der Waals surface area contributed by atoms with Crippen LogP contribution in [0.1, 0.15) is 66.0 Å². The van der Waals surface area contributed by atoms with E-state index in [4.69, 9.17) is 4.74 Å². The molecule has 2 aromatic heterocycles. The number of hydrogen-bond acceptors (Lipinski definition) is 7. The fraction of sp³-hybridized carbons (Fsp3) is 0.257. The highest BCUT2D eigenvalue weighted by atomic mass is 16.5. The molecule has 3 aromatic carbocycles. The molecule has 45 heavy (non-hydrogen) atoms. The van der Waals surface area contributed by atoms with E-state index in [2.05, 4.69) is 20.6 Å². The molecule has 0 aliphatic heterocycles. The van der Waals surface area contributed by atoms with Crippen LogP contribution in [0.2, 0.25) is 0 Å². The van der Waals surface area contributed by atoms with Crippen LogP contribution in [0.4, 0.5) is 0 Å². The first-order chi connectivity index (χ1) is 21.9. The molecule has 0 saturated heterocycles. The number of nitrogens with zero attached hydrogens (tertiary/aromatic N) is 5. The molecule has 10 nitrogen and oxygen atoms in total. The molecule has 2 heterocycles. The Hall–Kier alpha value is -5.38. The summed E-state index contributed by atoms with van der Waals surface area (Å²) in [5.74, 6) is -0.214. The van der Waals surface area contributed by atoms with Crippen molar-refractivity contribution >= 4 is 17.7 Å². The third kappa shape index (κ3) is 7.06. The highest BCUT2D eigenvalue weighted by Crippen LogP contribution is 2.30. The first-order valence-corrected chi connectivity index (χ1v) is 15.1. The number of unbranched alkanes of at least 4 members (excludes halogenated alkanes) is 1. The highest BCUT2D eigenvalue weighted by molar-refractivity contribution is 6.10. The number of ketones is 1. The summed E-state index contributed by atoms with van der Waals surface area (Å²) in [6.45, 7) is 6.06. The average Bonchev–Trinajstić information content (AvgIpc) is 3.71. The Labute approximate surface area is 262 Å². The lowest BCUT2D eigenvalue weighted by Crippen LogP contribution is -2.42. The number of H-pyrrole nitrogens is 1. The molecule has 0 unspecified atom stereocenters. The number of tetrazole rings is 1. The molecule has 1 N–H and O–H groups in total. The van der Waals surface area contributed by atoms with E-state index < -0.39 is 5.97 Å². The van der Waals surface area contributed by atoms with Gasteiger partial charge in [0.1, 0.15) is 0 Å². The molecule has 230 valence electrons. The molecule has 10 heteroatoms. The third-order valence-electron chi connectivity index (χ3n) is 7.59. The molecule has 5 aromatic rings. The first-order valence-electron chi connectivity index (χ1n) is 15.1. The molecule has 0 saturated carbocycles. The number of rotatable bonds is 13. The highest BCUT2D eigenvalue weighted by Gasteiger charge is 2.27.